The number of carbonyl (C=O) groups excluding carboxylic acids is 2. The van der Waals surface area contributed by atoms with Crippen molar-refractivity contribution in [1.29, 1.82) is 0 Å². The van der Waals surface area contributed by atoms with Crippen LogP contribution in [0.3, 0.4) is 0 Å². The summed E-state index contributed by atoms with van der Waals surface area (Å²) >= 11 is 0. The molecular formula is C22H37N3O3. The molecule has 0 aliphatic rings. The van der Waals surface area contributed by atoms with Gasteiger partial charge in [0.15, 0.2) is 0 Å². The van der Waals surface area contributed by atoms with Crippen molar-refractivity contribution < 1.29 is 14.3 Å². The van der Waals surface area contributed by atoms with E-state index in [9.17, 15) is 9.59 Å². The number of hydrogen-bond donors (Lipinski definition) is 1. The van der Waals surface area contributed by atoms with Gasteiger partial charge in [0.05, 0.1) is 0 Å². The standard InChI is InChI=1S/C22H37N3O3/c1-15(2)11-21(26)23-19-9-10-20(24(6)7)18(12-19)13-25(17(5)16(3)4)22(27)14-28-8/h9-10,12,15-17H,11,13-14H2,1-8H3,(H,23,26)/t17-/m1/s1. The van der Waals surface area contributed by atoms with Crippen LogP contribution in [-0.2, 0) is 20.9 Å². The summed E-state index contributed by atoms with van der Waals surface area (Å²) in [6.07, 6.45) is 0.480. The number of nitrogens with zero attached hydrogens (tertiary/aromatic N) is 2. The highest BCUT2D eigenvalue weighted by molar-refractivity contribution is 5.91. The monoisotopic (exact) mass is 391 g/mol. The molecule has 0 aliphatic heterocycles. The van der Waals surface area contributed by atoms with Crippen LogP contribution in [0, 0.1) is 11.8 Å². The zero-order valence-electron chi connectivity index (χ0n) is 18.7. The molecule has 1 atom stereocenters. The lowest BCUT2D eigenvalue weighted by Gasteiger charge is -2.33. The SMILES string of the molecule is COCC(=O)N(Cc1cc(NC(=O)CC(C)C)ccc1N(C)C)[C@H](C)C(C)C. The van der Waals surface area contributed by atoms with Gasteiger partial charge < -0.3 is 19.9 Å². The van der Waals surface area contributed by atoms with Crippen LogP contribution >= 0.6 is 0 Å². The Bertz CT molecular complexity index is 656. The maximum atomic E-state index is 12.7. The predicted molar refractivity (Wildman–Crippen MR) is 116 cm³/mol. The largest absolute Gasteiger partial charge is 0.377 e. The zero-order valence-corrected chi connectivity index (χ0v) is 18.7. The first-order chi connectivity index (χ1) is 13.1. The summed E-state index contributed by atoms with van der Waals surface area (Å²) in [5.74, 6) is 0.580. The van der Waals surface area contributed by atoms with Gasteiger partial charge in [-0.25, -0.2) is 0 Å². The third-order valence-corrected chi connectivity index (χ3v) is 4.82. The van der Waals surface area contributed by atoms with Crippen LogP contribution in [0.15, 0.2) is 18.2 Å². The molecule has 0 fully saturated rings. The van der Waals surface area contributed by atoms with Crippen LogP contribution in [0.2, 0.25) is 0 Å². The molecule has 0 heterocycles. The average molecular weight is 392 g/mol. The van der Waals surface area contributed by atoms with Gasteiger partial charge in [-0.2, -0.15) is 0 Å². The first kappa shape index (κ1) is 24.0. The fraction of sp³-hybridized carbons (Fsp3) is 0.636. The Kier molecular flexibility index (Phi) is 9.46. The van der Waals surface area contributed by atoms with Crippen molar-refractivity contribution in [2.45, 2.75) is 53.6 Å². The number of anilines is 2. The molecule has 1 rings (SSSR count). The highest BCUT2D eigenvalue weighted by Crippen LogP contribution is 2.26. The Morgan fingerprint density at radius 2 is 1.75 bits per heavy atom. The summed E-state index contributed by atoms with van der Waals surface area (Å²) in [5.41, 5.74) is 2.76. The topological polar surface area (TPSA) is 61.9 Å². The van der Waals surface area contributed by atoms with Crippen LogP contribution in [0.4, 0.5) is 11.4 Å². The van der Waals surface area contributed by atoms with Gasteiger partial charge in [0.25, 0.3) is 0 Å². The lowest BCUT2D eigenvalue weighted by Crippen LogP contribution is -2.43. The molecule has 1 N–H and O–H groups in total. The number of amides is 2. The Balaban J connectivity index is 3.19. The van der Waals surface area contributed by atoms with Crippen molar-refractivity contribution >= 4 is 23.2 Å². The van der Waals surface area contributed by atoms with Crippen LogP contribution in [0.1, 0.15) is 46.6 Å². The summed E-state index contributed by atoms with van der Waals surface area (Å²) in [5, 5.41) is 2.97. The van der Waals surface area contributed by atoms with E-state index in [0.29, 0.717) is 24.8 Å². The normalized spacial score (nSPS) is 12.2. The molecule has 0 unspecified atom stereocenters. The first-order valence-electron chi connectivity index (χ1n) is 9.95. The molecule has 0 spiro atoms. The van der Waals surface area contributed by atoms with Crippen molar-refractivity contribution in [3.05, 3.63) is 23.8 Å². The molecular weight excluding hydrogens is 354 g/mol. The van der Waals surface area contributed by atoms with E-state index < -0.39 is 0 Å². The molecule has 6 heteroatoms. The van der Waals surface area contributed by atoms with Gasteiger partial charge >= 0.3 is 0 Å². The van der Waals surface area contributed by atoms with E-state index in [1.807, 2.05) is 55.9 Å². The van der Waals surface area contributed by atoms with Crippen molar-refractivity contribution in [3.8, 4) is 0 Å². The van der Waals surface area contributed by atoms with E-state index >= 15 is 0 Å². The fourth-order valence-electron chi connectivity index (χ4n) is 3.02. The maximum Gasteiger partial charge on any atom is 0.249 e. The van der Waals surface area contributed by atoms with E-state index in [1.165, 1.54) is 7.11 Å². The van der Waals surface area contributed by atoms with Crippen LogP contribution in [0.5, 0.6) is 0 Å². The third kappa shape index (κ3) is 7.15. The Morgan fingerprint density at radius 1 is 1.11 bits per heavy atom. The van der Waals surface area contributed by atoms with E-state index in [0.717, 1.165) is 16.9 Å². The summed E-state index contributed by atoms with van der Waals surface area (Å²) < 4.78 is 5.08. The van der Waals surface area contributed by atoms with Crippen molar-refractivity contribution in [1.82, 2.24) is 4.90 Å². The number of hydrogen-bond acceptors (Lipinski definition) is 4. The second-order valence-corrected chi connectivity index (χ2v) is 8.32. The second kappa shape index (κ2) is 11.1. The molecule has 0 saturated heterocycles. The summed E-state index contributed by atoms with van der Waals surface area (Å²) in [4.78, 5) is 28.7. The van der Waals surface area contributed by atoms with Crippen molar-refractivity contribution in [3.63, 3.8) is 0 Å². The van der Waals surface area contributed by atoms with Gasteiger partial charge in [-0.05, 0) is 42.5 Å². The number of methoxy groups -OCH3 is 1. The summed E-state index contributed by atoms with van der Waals surface area (Å²) in [7, 11) is 5.48. The molecule has 0 aliphatic carbocycles. The van der Waals surface area contributed by atoms with E-state index in [2.05, 4.69) is 26.1 Å². The smallest absolute Gasteiger partial charge is 0.249 e. The molecule has 1 aromatic rings. The van der Waals surface area contributed by atoms with Gasteiger partial charge in [0, 0.05) is 51.6 Å². The van der Waals surface area contributed by atoms with E-state index in [4.69, 9.17) is 4.74 Å². The number of benzene rings is 1. The molecule has 0 saturated carbocycles. The van der Waals surface area contributed by atoms with Gasteiger partial charge in [-0.1, -0.05) is 27.7 Å². The van der Waals surface area contributed by atoms with Crippen LogP contribution < -0.4 is 10.2 Å². The Hall–Kier alpha value is -2.08. The highest BCUT2D eigenvalue weighted by atomic mass is 16.5. The molecule has 0 aromatic heterocycles. The summed E-state index contributed by atoms with van der Waals surface area (Å²) in [6.45, 7) is 10.8. The molecule has 28 heavy (non-hydrogen) atoms. The minimum absolute atomic E-state index is 0.00131. The summed E-state index contributed by atoms with van der Waals surface area (Å²) in [6, 6.07) is 5.92. The number of carbonyl (C=O) groups is 2. The highest BCUT2D eigenvalue weighted by Gasteiger charge is 2.24. The maximum absolute atomic E-state index is 12.7. The fourth-order valence-corrected chi connectivity index (χ4v) is 3.02. The number of ether oxygens (including phenoxy) is 1. The van der Waals surface area contributed by atoms with Gasteiger partial charge in [-0.15, -0.1) is 0 Å². The lowest BCUT2D eigenvalue weighted by molar-refractivity contribution is -0.138. The number of rotatable bonds is 10. The average Bonchev–Trinajstić information content (AvgIpc) is 2.58. The molecule has 0 radical (unpaired) electrons. The second-order valence-electron chi connectivity index (χ2n) is 8.32. The predicted octanol–water partition coefficient (Wildman–Crippen LogP) is 3.76. The Morgan fingerprint density at radius 3 is 2.25 bits per heavy atom. The minimum Gasteiger partial charge on any atom is -0.377 e. The van der Waals surface area contributed by atoms with Gasteiger partial charge in [0.1, 0.15) is 6.61 Å². The van der Waals surface area contributed by atoms with Crippen LogP contribution in [-0.4, -0.2) is 50.6 Å². The lowest BCUT2D eigenvalue weighted by atomic mass is 10.0. The van der Waals surface area contributed by atoms with Crippen molar-refractivity contribution in [2.24, 2.45) is 11.8 Å². The zero-order chi connectivity index (χ0) is 21.4. The molecule has 2 amide bonds. The molecule has 0 bridgehead atoms. The third-order valence-electron chi connectivity index (χ3n) is 4.82. The Labute approximate surface area is 170 Å². The van der Waals surface area contributed by atoms with Gasteiger partial charge in [0.2, 0.25) is 11.8 Å². The minimum atomic E-state index is -0.0392. The van der Waals surface area contributed by atoms with E-state index in [1.54, 1.807) is 0 Å². The van der Waals surface area contributed by atoms with Gasteiger partial charge in [-0.3, -0.25) is 9.59 Å². The quantitative estimate of drug-likeness (QED) is 0.660. The van der Waals surface area contributed by atoms with Crippen molar-refractivity contribution in [2.75, 3.05) is 38.0 Å². The van der Waals surface area contributed by atoms with Crippen LogP contribution in [0.25, 0.3) is 0 Å². The first-order valence-corrected chi connectivity index (χ1v) is 9.95. The molecule has 6 nitrogen and oxygen atoms in total. The van der Waals surface area contributed by atoms with E-state index in [-0.39, 0.29) is 24.5 Å². The molecule has 1 aromatic carbocycles. The number of nitrogens with one attached hydrogen (secondary N) is 1. The molecule has 158 valence electrons.